The van der Waals surface area contributed by atoms with E-state index in [2.05, 4.69) is 20.3 Å². The predicted molar refractivity (Wildman–Crippen MR) is 108 cm³/mol. The average Bonchev–Trinajstić information content (AvgIpc) is 3.21. The number of thiazole rings is 1. The summed E-state index contributed by atoms with van der Waals surface area (Å²) in [7, 11) is 0. The summed E-state index contributed by atoms with van der Waals surface area (Å²) in [6.07, 6.45) is 6.08. The van der Waals surface area contributed by atoms with Gasteiger partial charge in [-0.15, -0.1) is 11.3 Å². The molecule has 2 aromatic heterocycles. The molecule has 0 saturated heterocycles. The molecule has 156 valence electrons. The maximum Gasteiger partial charge on any atom is 0.275 e. The van der Waals surface area contributed by atoms with Gasteiger partial charge < -0.3 is 15.8 Å². The molecule has 7 nitrogen and oxygen atoms in total. The highest BCUT2D eigenvalue weighted by Crippen LogP contribution is 2.30. The number of hydrogen-bond acceptors (Lipinski definition) is 7. The van der Waals surface area contributed by atoms with E-state index < -0.39 is 17.5 Å². The number of benzene rings is 1. The first-order valence-corrected chi connectivity index (χ1v) is 10.3. The normalized spacial score (nSPS) is 18.8. The molecule has 0 unspecified atom stereocenters. The molecule has 1 aliphatic rings. The van der Waals surface area contributed by atoms with E-state index in [0.717, 1.165) is 49.2 Å². The van der Waals surface area contributed by atoms with Gasteiger partial charge in [0.2, 0.25) is 5.88 Å². The highest BCUT2D eigenvalue weighted by atomic mass is 32.1. The molecule has 0 spiro atoms. The Kier molecular flexibility index (Phi) is 5.96. The Morgan fingerprint density at radius 2 is 1.93 bits per heavy atom. The predicted octanol–water partition coefficient (Wildman–Crippen LogP) is 3.78. The van der Waals surface area contributed by atoms with Crippen molar-refractivity contribution in [2.45, 2.75) is 37.8 Å². The molecule has 1 saturated carbocycles. The molecule has 0 aliphatic heterocycles. The summed E-state index contributed by atoms with van der Waals surface area (Å²) in [5.74, 6) is -1.78. The lowest BCUT2D eigenvalue weighted by molar-refractivity contribution is 0.102. The molecule has 1 fully saturated rings. The van der Waals surface area contributed by atoms with Crippen LogP contribution in [0.3, 0.4) is 0 Å². The van der Waals surface area contributed by atoms with Crippen LogP contribution in [0.2, 0.25) is 0 Å². The lowest BCUT2D eigenvalue weighted by atomic mass is 9.94. The van der Waals surface area contributed by atoms with Crippen molar-refractivity contribution < 1.29 is 18.3 Å². The van der Waals surface area contributed by atoms with Gasteiger partial charge in [0.1, 0.15) is 40.5 Å². The standard InChI is InChI=1S/C20H19F2N5O2S/c21-13-2-1-3-14(22)17(13)20-27-16(9-30-20)18(28)26-15-8-24-10-25-19(15)29-12-6-4-11(23)5-7-12/h1-3,8-12H,4-7,23H2,(H,26,28)/t11-,12+. The number of carbonyl (C=O) groups is 1. The van der Waals surface area contributed by atoms with Crippen LogP contribution in [0.1, 0.15) is 36.2 Å². The Balaban J connectivity index is 1.49. The SMILES string of the molecule is N[C@H]1CC[C@@H](Oc2ncncc2NC(=O)c2csc(-c3c(F)cccc3F)n2)CC1. The van der Waals surface area contributed by atoms with E-state index in [4.69, 9.17) is 10.5 Å². The number of rotatable bonds is 5. The summed E-state index contributed by atoms with van der Waals surface area (Å²) >= 11 is 0.976. The van der Waals surface area contributed by atoms with Gasteiger partial charge in [-0.2, -0.15) is 4.98 Å². The number of ether oxygens (including phenoxy) is 1. The molecule has 2 heterocycles. The molecule has 0 radical (unpaired) electrons. The monoisotopic (exact) mass is 431 g/mol. The zero-order valence-corrected chi connectivity index (χ0v) is 16.7. The molecule has 30 heavy (non-hydrogen) atoms. The summed E-state index contributed by atoms with van der Waals surface area (Å²) in [4.78, 5) is 24.8. The molecule has 10 heteroatoms. The third-order valence-electron chi connectivity index (χ3n) is 4.83. The minimum atomic E-state index is -0.740. The van der Waals surface area contributed by atoms with Crippen molar-refractivity contribution in [3.63, 3.8) is 0 Å². The maximum absolute atomic E-state index is 14.0. The van der Waals surface area contributed by atoms with Gasteiger partial charge in [-0.05, 0) is 37.8 Å². The molecule has 1 amide bonds. The van der Waals surface area contributed by atoms with Crippen molar-refractivity contribution in [1.82, 2.24) is 15.0 Å². The van der Waals surface area contributed by atoms with E-state index in [0.29, 0.717) is 5.69 Å². The summed E-state index contributed by atoms with van der Waals surface area (Å²) in [6, 6.07) is 3.74. The van der Waals surface area contributed by atoms with Gasteiger partial charge in [-0.3, -0.25) is 4.79 Å². The van der Waals surface area contributed by atoms with Crippen LogP contribution >= 0.6 is 11.3 Å². The fourth-order valence-corrected chi connectivity index (χ4v) is 4.09. The van der Waals surface area contributed by atoms with E-state index in [-0.39, 0.29) is 34.3 Å². The topological polar surface area (TPSA) is 103 Å². The number of nitrogens with one attached hydrogen (secondary N) is 1. The summed E-state index contributed by atoms with van der Waals surface area (Å²) in [6.45, 7) is 0. The molecule has 1 aromatic carbocycles. The third kappa shape index (κ3) is 4.44. The Hall–Kier alpha value is -2.98. The first kappa shape index (κ1) is 20.3. The van der Waals surface area contributed by atoms with Crippen LogP contribution < -0.4 is 15.8 Å². The van der Waals surface area contributed by atoms with Crippen LogP contribution in [0.4, 0.5) is 14.5 Å². The van der Waals surface area contributed by atoms with Crippen LogP contribution in [0.15, 0.2) is 36.1 Å². The molecule has 3 aromatic rings. The molecule has 1 aliphatic carbocycles. The van der Waals surface area contributed by atoms with Crippen LogP contribution in [-0.4, -0.2) is 33.0 Å². The third-order valence-corrected chi connectivity index (χ3v) is 5.69. The summed E-state index contributed by atoms with van der Waals surface area (Å²) in [5.41, 5.74) is 5.98. The second-order valence-electron chi connectivity index (χ2n) is 6.98. The Morgan fingerprint density at radius 1 is 1.20 bits per heavy atom. The highest BCUT2D eigenvalue weighted by Gasteiger charge is 2.23. The Morgan fingerprint density at radius 3 is 2.67 bits per heavy atom. The van der Waals surface area contributed by atoms with E-state index in [1.807, 2.05) is 0 Å². The maximum atomic E-state index is 14.0. The number of nitrogens with zero attached hydrogens (tertiary/aromatic N) is 3. The highest BCUT2D eigenvalue weighted by molar-refractivity contribution is 7.13. The summed E-state index contributed by atoms with van der Waals surface area (Å²) in [5, 5.41) is 4.17. The van der Waals surface area contributed by atoms with Crippen molar-refractivity contribution in [3.05, 3.63) is 53.4 Å². The Bertz CT molecular complexity index is 1030. The van der Waals surface area contributed by atoms with Crippen molar-refractivity contribution in [3.8, 4) is 16.5 Å². The second kappa shape index (κ2) is 8.80. The number of aromatic nitrogens is 3. The number of nitrogens with two attached hydrogens (primary N) is 1. The van der Waals surface area contributed by atoms with E-state index in [1.54, 1.807) is 0 Å². The van der Waals surface area contributed by atoms with Gasteiger partial charge >= 0.3 is 0 Å². The van der Waals surface area contributed by atoms with Gasteiger partial charge in [-0.25, -0.2) is 18.7 Å². The van der Waals surface area contributed by atoms with Crippen molar-refractivity contribution in [2.24, 2.45) is 5.73 Å². The zero-order valence-electron chi connectivity index (χ0n) is 15.8. The zero-order chi connectivity index (χ0) is 21.1. The summed E-state index contributed by atoms with van der Waals surface area (Å²) < 4.78 is 33.9. The number of amides is 1. The van der Waals surface area contributed by atoms with Gasteiger partial charge in [0.25, 0.3) is 5.91 Å². The first-order valence-electron chi connectivity index (χ1n) is 9.44. The molecule has 0 bridgehead atoms. The van der Waals surface area contributed by atoms with Gasteiger partial charge in [0.15, 0.2) is 0 Å². The Labute approximate surface area is 175 Å². The molecular weight excluding hydrogens is 412 g/mol. The minimum absolute atomic E-state index is 0.0242. The van der Waals surface area contributed by atoms with Gasteiger partial charge in [0, 0.05) is 11.4 Å². The van der Waals surface area contributed by atoms with Crippen LogP contribution in [0.5, 0.6) is 5.88 Å². The number of halogens is 2. The average molecular weight is 431 g/mol. The molecule has 3 N–H and O–H groups in total. The molecular formula is C20H19F2N5O2S. The lowest BCUT2D eigenvalue weighted by Crippen LogP contribution is -2.32. The van der Waals surface area contributed by atoms with E-state index in [9.17, 15) is 13.6 Å². The quantitative estimate of drug-likeness (QED) is 0.637. The van der Waals surface area contributed by atoms with Crippen molar-refractivity contribution in [2.75, 3.05) is 5.32 Å². The fourth-order valence-electron chi connectivity index (χ4n) is 3.24. The van der Waals surface area contributed by atoms with Gasteiger partial charge in [0.05, 0.1) is 11.8 Å². The number of carbonyl (C=O) groups excluding carboxylic acids is 1. The van der Waals surface area contributed by atoms with Crippen LogP contribution in [0.25, 0.3) is 10.6 Å². The van der Waals surface area contributed by atoms with Crippen LogP contribution in [-0.2, 0) is 0 Å². The molecule has 0 atom stereocenters. The van der Waals surface area contributed by atoms with E-state index in [1.165, 1.54) is 24.0 Å². The first-order chi connectivity index (χ1) is 14.5. The largest absolute Gasteiger partial charge is 0.473 e. The lowest BCUT2D eigenvalue weighted by Gasteiger charge is -2.26. The number of hydrogen-bond donors (Lipinski definition) is 2. The van der Waals surface area contributed by atoms with Gasteiger partial charge in [-0.1, -0.05) is 6.07 Å². The van der Waals surface area contributed by atoms with E-state index >= 15 is 0 Å². The minimum Gasteiger partial charge on any atom is -0.473 e. The van der Waals surface area contributed by atoms with Crippen molar-refractivity contribution >= 4 is 22.9 Å². The number of anilines is 1. The van der Waals surface area contributed by atoms with Crippen LogP contribution in [0, 0.1) is 11.6 Å². The smallest absolute Gasteiger partial charge is 0.275 e. The molecule has 4 rings (SSSR count). The second-order valence-corrected chi connectivity index (χ2v) is 7.84. The van der Waals surface area contributed by atoms with Crippen molar-refractivity contribution in [1.29, 1.82) is 0 Å². The fraction of sp³-hybridized carbons (Fsp3) is 0.300.